The van der Waals surface area contributed by atoms with Crippen LogP contribution in [-0.4, -0.2) is 51.3 Å². The molecule has 2 aromatic rings. The highest BCUT2D eigenvalue weighted by atomic mass is 16.5. The average molecular weight is 289 g/mol. The standard InChI is InChI=1S/C14H19N5O2/c1-11-17-14(18-21-11)9-19-4-5-20-10-12(8-19)6-13-7-15-2-3-16-13/h2-3,7,12H,4-6,8-10H2,1H3/t12-/m1/s1. The Hall–Kier alpha value is -1.86. The fourth-order valence-electron chi connectivity index (χ4n) is 2.56. The molecule has 3 heterocycles. The van der Waals surface area contributed by atoms with E-state index in [1.807, 2.05) is 6.20 Å². The molecule has 21 heavy (non-hydrogen) atoms. The summed E-state index contributed by atoms with van der Waals surface area (Å²) < 4.78 is 10.7. The van der Waals surface area contributed by atoms with E-state index in [-0.39, 0.29) is 0 Å². The fourth-order valence-corrected chi connectivity index (χ4v) is 2.56. The summed E-state index contributed by atoms with van der Waals surface area (Å²) >= 11 is 0. The third kappa shape index (κ3) is 4.05. The SMILES string of the molecule is Cc1nc(CN2CCOC[C@H](Cc3cnccn3)C2)no1. The molecule has 112 valence electrons. The van der Waals surface area contributed by atoms with Crippen molar-refractivity contribution < 1.29 is 9.26 Å². The summed E-state index contributed by atoms with van der Waals surface area (Å²) in [5.41, 5.74) is 1.00. The van der Waals surface area contributed by atoms with Crippen LogP contribution in [0.2, 0.25) is 0 Å². The molecule has 0 bridgehead atoms. The Balaban J connectivity index is 1.60. The molecule has 1 saturated heterocycles. The summed E-state index contributed by atoms with van der Waals surface area (Å²) in [5, 5.41) is 3.96. The van der Waals surface area contributed by atoms with Gasteiger partial charge in [0, 0.05) is 44.5 Å². The maximum atomic E-state index is 5.70. The molecule has 7 nitrogen and oxygen atoms in total. The molecular weight excluding hydrogens is 270 g/mol. The van der Waals surface area contributed by atoms with Crippen LogP contribution in [0.15, 0.2) is 23.1 Å². The lowest BCUT2D eigenvalue weighted by Gasteiger charge is -2.21. The van der Waals surface area contributed by atoms with Crippen molar-refractivity contribution in [2.75, 3.05) is 26.3 Å². The molecule has 0 spiro atoms. The number of ether oxygens (including phenoxy) is 1. The Kier molecular flexibility index (Phi) is 4.52. The molecule has 0 unspecified atom stereocenters. The van der Waals surface area contributed by atoms with E-state index in [1.54, 1.807) is 19.3 Å². The quantitative estimate of drug-likeness (QED) is 0.826. The zero-order valence-corrected chi connectivity index (χ0v) is 12.1. The van der Waals surface area contributed by atoms with E-state index in [4.69, 9.17) is 9.26 Å². The highest BCUT2D eigenvalue weighted by molar-refractivity contribution is 4.97. The van der Waals surface area contributed by atoms with Crippen molar-refractivity contribution in [1.82, 2.24) is 25.0 Å². The predicted octanol–water partition coefficient (Wildman–Crippen LogP) is 0.859. The minimum absolute atomic E-state index is 0.400. The van der Waals surface area contributed by atoms with Crippen molar-refractivity contribution in [2.45, 2.75) is 19.9 Å². The van der Waals surface area contributed by atoms with Gasteiger partial charge in [-0.05, 0) is 6.42 Å². The molecule has 0 N–H and O–H groups in total. The zero-order valence-electron chi connectivity index (χ0n) is 12.1. The molecule has 0 saturated carbocycles. The van der Waals surface area contributed by atoms with Crippen LogP contribution in [0.1, 0.15) is 17.4 Å². The average Bonchev–Trinajstić information content (AvgIpc) is 2.76. The van der Waals surface area contributed by atoms with Crippen molar-refractivity contribution >= 4 is 0 Å². The van der Waals surface area contributed by atoms with E-state index in [0.29, 0.717) is 18.4 Å². The van der Waals surface area contributed by atoms with Crippen LogP contribution in [0.5, 0.6) is 0 Å². The summed E-state index contributed by atoms with van der Waals surface area (Å²) in [6.07, 6.45) is 6.11. The number of aromatic nitrogens is 4. The van der Waals surface area contributed by atoms with Crippen molar-refractivity contribution in [3.05, 3.63) is 36.0 Å². The Morgan fingerprint density at radius 1 is 1.38 bits per heavy atom. The molecule has 3 rings (SSSR count). The monoisotopic (exact) mass is 289 g/mol. The smallest absolute Gasteiger partial charge is 0.223 e. The van der Waals surface area contributed by atoms with Gasteiger partial charge in [0.2, 0.25) is 5.89 Å². The van der Waals surface area contributed by atoms with Crippen molar-refractivity contribution in [3.63, 3.8) is 0 Å². The number of hydrogen-bond acceptors (Lipinski definition) is 7. The molecule has 0 aromatic carbocycles. The topological polar surface area (TPSA) is 77.2 Å². The van der Waals surface area contributed by atoms with Crippen LogP contribution in [0, 0.1) is 12.8 Å². The normalized spacial score (nSPS) is 20.3. The third-order valence-corrected chi connectivity index (χ3v) is 3.47. The van der Waals surface area contributed by atoms with Crippen molar-refractivity contribution in [2.24, 2.45) is 5.92 Å². The first-order chi connectivity index (χ1) is 10.3. The second-order valence-electron chi connectivity index (χ2n) is 5.31. The minimum Gasteiger partial charge on any atom is -0.380 e. The van der Waals surface area contributed by atoms with Crippen LogP contribution in [-0.2, 0) is 17.7 Å². The van der Waals surface area contributed by atoms with E-state index in [9.17, 15) is 0 Å². The van der Waals surface area contributed by atoms with Gasteiger partial charge in [-0.25, -0.2) is 0 Å². The second-order valence-corrected chi connectivity index (χ2v) is 5.31. The number of aryl methyl sites for hydroxylation is 1. The van der Waals surface area contributed by atoms with E-state index in [1.165, 1.54) is 0 Å². The van der Waals surface area contributed by atoms with Gasteiger partial charge in [-0.15, -0.1) is 0 Å². The van der Waals surface area contributed by atoms with Gasteiger partial charge >= 0.3 is 0 Å². The Morgan fingerprint density at radius 2 is 2.33 bits per heavy atom. The molecular formula is C14H19N5O2. The molecule has 1 fully saturated rings. The summed E-state index contributed by atoms with van der Waals surface area (Å²) in [7, 11) is 0. The van der Waals surface area contributed by atoms with Crippen LogP contribution in [0.25, 0.3) is 0 Å². The van der Waals surface area contributed by atoms with Gasteiger partial charge in [0.25, 0.3) is 0 Å². The van der Waals surface area contributed by atoms with E-state index in [2.05, 4.69) is 25.0 Å². The number of hydrogen-bond donors (Lipinski definition) is 0. The number of rotatable bonds is 4. The molecule has 1 atom stereocenters. The Labute approximate surface area is 123 Å². The molecule has 1 aliphatic rings. The maximum absolute atomic E-state index is 5.70. The second kappa shape index (κ2) is 6.73. The Morgan fingerprint density at radius 3 is 3.10 bits per heavy atom. The lowest BCUT2D eigenvalue weighted by molar-refractivity contribution is 0.121. The highest BCUT2D eigenvalue weighted by Gasteiger charge is 2.21. The van der Waals surface area contributed by atoms with E-state index < -0.39 is 0 Å². The summed E-state index contributed by atoms with van der Waals surface area (Å²) in [5.74, 6) is 1.73. The largest absolute Gasteiger partial charge is 0.380 e. The summed E-state index contributed by atoms with van der Waals surface area (Å²) in [4.78, 5) is 15.0. The first-order valence-electron chi connectivity index (χ1n) is 7.14. The van der Waals surface area contributed by atoms with Gasteiger partial charge in [-0.1, -0.05) is 5.16 Å². The molecule has 1 aliphatic heterocycles. The van der Waals surface area contributed by atoms with E-state index >= 15 is 0 Å². The first kappa shape index (κ1) is 14.1. The van der Waals surface area contributed by atoms with Crippen LogP contribution >= 0.6 is 0 Å². The highest BCUT2D eigenvalue weighted by Crippen LogP contribution is 2.13. The minimum atomic E-state index is 0.400. The lowest BCUT2D eigenvalue weighted by Crippen LogP contribution is -2.31. The molecule has 0 aliphatic carbocycles. The molecule has 0 amide bonds. The molecule has 0 radical (unpaired) electrons. The Bertz CT molecular complexity index is 560. The third-order valence-electron chi connectivity index (χ3n) is 3.47. The van der Waals surface area contributed by atoms with Gasteiger partial charge in [-0.3, -0.25) is 14.9 Å². The van der Waals surface area contributed by atoms with Crippen LogP contribution < -0.4 is 0 Å². The van der Waals surface area contributed by atoms with Gasteiger partial charge in [-0.2, -0.15) is 4.98 Å². The molecule has 7 heteroatoms. The predicted molar refractivity (Wildman–Crippen MR) is 74.4 cm³/mol. The zero-order chi connectivity index (χ0) is 14.5. The summed E-state index contributed by atoms with van der Waals surface area (Å²) in [6, 6.07) is 0. The van der Waals surface area contributed by atoms with Crippen molar-refractivity contribution in [3.8, 4) is 0 Å². The number of nitrogens with zero attached hydrogens (tertiary/aromatic N) is 5. The van der Waals surface area contributed by atoms with E-state index in [0.717, 1.165) is 44.2 Å². The summed E-state index contributed by atoms with van der Waals surface area (Å²) in [6.45, 7) is 5.79. The first-order valence-corrected chi connectivity index (χ1v) is 7.14. The fraction of sp³-hybridized carbons (Fsp3) is 0.571. The van der Waals surface area contributed by atoms with Crippen molar-refractivity contribution in [1.29, 1.82) is 0 Å². The maximum Gasteiger partial charge on any atom is 0.223 e. The van der Waals surface area contributed by atoms with Gasteiger partial charge < -0.3 is 9.26 Å². The van der Waals surface area contributed by atoms with Gasteiger partial charge in [0.05, 0.1) is 25.5 Å². The van der Waals surface area contributed by atoms with Crippen LogP contribution in [0.4, 0.5) is 0 Å². The van der Waals surface area contributed by atoms with Gasteiger partial charge in [0.1, 0.15) is 0 Å². The van der Waals surface area contributed by atoms with Gasteiger partial charge in [0.15, 0.2) is 5.82 Å². The van der Waals surface area contributed by atoms with Crippen LogP contribution in [0.3, 0.4) is 0 Å². The lowest BCUT2D eigenvalue weighted by atomic mass is 10.0. The molecule has 2 aromatic heterocycles.